The number of benzene rings is 4. The lowest BCUT2D eigenvalue weighted by Crippen LogP contribution is -2.30. The SMILES string of the molecule is Cc1ccccc1-n1c(-c2c(C)ccc3c2oc2oc4ccccc4c23)[n+](C)c2ccccc21. The van der Waals surface area contributed by atoms with E-state index in [4.69, 9.17) is 8.83 Å². The molecular weight excluding hydrogens is 420 g/mol. The Morgan fingerprint density at radius 1 is 0.706 bits per heavy atom. The average molecular weight is 444 g/mol. The number of aromatic nitrogens is 2. The van der Waals surface area contributed by atoms with Crippen LogP contribution in [0.3, 0.4) is 0 Å². The Morgan fingerprint density at radius 3 is 2.35 bits per heavy atom. The van der Waals surface area contributed by atoms with Gasteiger partial charge in [0.05, 0.1) is 12.4 Å². The van der Waals surface area contributed by atoms with E-state index < -0.39 is 0 Å². The minimum absolute atomic E-state index is 0.573. The third-order valence-electron chi connectivity index (χ3n) is 6.99. The molecule has 0 bridgehead atoms. The summed E-state index contributed by atoms with van der Waals surface area (Å²) in [5, 5.41) is 3.19. The maximum Gasteiger partial charge on any atom is 0.299 e. The third-order valence-corrected chi connectivity index (χ3v) is 6.99. The summed E-state index contributed by atoms with van der Waals surface area (Å²) in [6.07, 6.45) is 0. The molecule has 4 heteroatoms. The van der Waals surface area contributed by atoms with Gasteiger partial charge in [-0.25, -0.2) is 4.57 Å². The summed E-state index contributed by atoms with van der Waals surface area (Å²) >= 11 is 0. The zero-order chi connectivity index (χ0) is 23.0. The molecule has 0 saturated heterocycles. The van der Waals surface area contributed by atoms with Crippen LogP contribution in [0.5, 0.6) is 0 Å². The number of imidazole rings is 1. The molecule has 164 valence electrons. The number of aryl methyl sites for hydroxylation is 3. The molecule has 3 heterocycles. The molecule has 0 unspecified atom stereocenters. The van der Waals surface area contributed by atoms with Gasteiger partial charge in [0.25, 0.3) is 11.6 Å². The lowest BCUT2D eigenvalue weighted by atomic mass is 10.0. The molecule has 0 aliphatic heterocycles. The molecule has 7 aromatic rings. The molecule has 0 radical (unpaired) electrons. The van der Waals surface area contributed by atoms with Gasteiger partial charge < -0.3 is 8.83 Å². The van der Waals surface area contributed by atoms with Crippen LogP contribution < -0.4 is 4.57 Å². The minimum Gasteiger partial charge on any atom is -0.425 e. The van der Waals surface area contributed by atoms with E-state index in [0.717, 1.165) is 61.0 Å². The summed E-state index contributed by atoms with van der Waals surface area (Å²) in [6.45, 7) is 4.31. The fourth-order valence-corrected chi connectivity index (χ4v) is 5.36. The predicted octanol–water partition coefficient (Wildman–Crippen LogP) is 7.38. The second-order valence-electron chi connectivity index (χ2n) is 8.99. The molecule has 0 saturated carbocycles. The van der Waals surface area contributed by atoms with Crippen molar-refractivity contribution in [2.45, 2.75) is 13.8 Å². The van der Waals surface area contributed by atoms with Crippen LogP contribution in [0.2, 0.25) is 0 Å². The first-order valence-electron chi connectivity index (χ1n) is 11.5. The van der Waals surface area contributed by atoms with Crippen LogP contribution in [0.4, 0.5) is 0 Å². The lowest BCUT2D eigenvalue weighted by Gasteiger charge is -2.09. The predicted molar refractivity (Wildman–Crippen MR) is 136 cm³/mol. The molecular formula is C30H23N2O2+. The zero-order valence-electron chi connectivity index (χ0n) is 19.3. The highest BCUT2D eigenvalue weighted by atomic mass is 16.5. The molecule has 7 rings (SSSR count). The molecule has 0 spiro atoms. The van der Waals surface area contributed by atoms with Crippen LogP contribution in [-0.4, -0.2) is 4.57 Å². The maximum atomic E-state index is 6.48. The first-order chi connectivity index (χ1) is 16.6. The molecule has 0 N–H and O–H groups in total. The van der Waals surface area contributed by atoms with E-state index in [-0.39, 0.29) is 0 Å². The van der Waals surface area contributed by atoms with Crippen LogP contribution in [0.25, 0.3) is 61.2 Å². The van der Waals surface area contributed by atoms with Crippen LogP contribution >= 0.6 is 0 Å². The van der Waals surface area contributed by atoms with Gasteiger partial charge in [-0.3, -0.25) is 0 Å². The molecule has 34 heavy (non-hydrogen) atoms. The molecule has 0 aliphatic rings. The number of nitrogens with zero attached hydrogens (tertiary/aromatic N) is 2. The highest BCUT2D eigenvalue weighted by Crippen LogP contribution is 2.42. The van der Waals surface area contributed by atoms with E-state index in [1.165, 1.54) is 5.56 Å². The molecule has 4 aromatic carbocycles. The maximum absolute atomic E-state index is 6.48. The van der Waals surface area contributed by atoms with Crippen LogP contribution in [0.1, 0.15) is 11.1 Å². The highest BCUT2D eigenvalue weighted by molar-refractivity contribution is 6.19. The average Bonchev–Trinajstić information content (AvgIpc) is 3.48. The summed E-state index contributed by atoms with van der Waals surface area (Å²) in [5.74, 6) is 1.66. The first-order valence-corrected chi connectivity index (χ1v) is 11.5. The Kier molecular flexibility index (Phi) is 3.86. The van der Waals surface area contributed by atoms with E-state index in [1.807, 2.05) is 18.2 Å². The number of para-hydroxylation sites is 4. The van der Waals surface area contributed by atoms with Gasteiger partial charge in [0.1, 0.15) is 16.8 Å². The largest absolute Gasteiger partial charge is 0.425 e. The van der Waals surface area contributed by atoms with Crippen LogP contribution in [0, 0.1) is 13.8 Å². The smallest absolute Gasteiger partial charge is 0.299 e. The van der Waals surface area contributed by atoms with Gasteiger partial charge in [-0.15, -0.1) is 0 Å². The minimum atomic E-state index is 0.573. The quantitative estimate of drug-likeness (QED) is 0.261. The normalized spacial score (nSPS) is 12.0. The van der Waals surface area contributed by atoms with Crippen molar-refractivity contribution in [3.8, 4) is 17.1 Å². The van der Waals surface area contributed by atoms with Gasteiger partial charge >= 0.3 is 0 Å². The summed E-state index contributed by atoms with van der Waals surface area (Å²) in [4.78, 5) is 0. The molecule has 0 atom stereocenters. The van der Waals surface area contributed by atoms with Gasteiger partial charge in [0.15, 0.2) is 16.6 Å². The summed E-state index contributed by atoms with van der Waals surface area (Å²) < 4.78 is 17.2. The molecule has 0 fully saturated rings. The van der Waals surface area contributed by atoms with Crippen molar-refractivity contribution in [2.24, 2.45) is 7.05 Å². The summed E-state index contributed by atoms with van der Waals surface area (Å²) in [7, 11) is 2.13. The number of furan rings is 2. The molecule has 0 aliphatic carbocycles. The van der Waals surface area contributed by atoms with Gasteiger partial charge in [-0.05, 0) is 49.2 Å². The van der Waals surface area contributed by atoms with Crippen LogP contribution in [0.15, 0.2) is 93.8 Å². The molecule has 3 aromatic heterocycles. The second kappa shape index (κ2) is 6.84. The number of hydrogen-bond acceptors (Lipinski definition) is 2. The Morgan fingerprint density at radius 2 is 1.47 bits per heavy atom. The van der Waals surface area contributed by atoms with Crippen LogP contribution in [-0.2, 0) is 7.05 Å². The highest BCUT2D eigenvalue weighted by Gasteiger charge is 2.31. The van der Waals surface area contributed by atoms with Crippen molar-refractivity contribution in [2.75, 3.05) is 0 Å². The van der Waals surface area contributed by atoms with Gasteiger partial charge in [-0.2, -0.15) is 4.57 Å². The van der Waals surface area contributed by atoms with E-state index in [0.29, 0.717) is 5.78 Å². The van der Waals surface area contributed by atoms with E-state index in [1.54, 1.807) is 0 Å². The fraction of sp³-hybridized carbons (Fsp3) is 0.100. The molecule has 0 amide bonds. The lowest BCUT2D eigenvalue weighted by molar-refractivity contribution is -0.633. The van der Waals surface area contributed by atoms with Gasteiger partial charge in [0, 0.05) is 10.8 Å². The van der Waals surface area contributed by atoms with Crippen molar-refractivity contribution >= 4 is 44.1 Å². The summed E-state index contributed by atoms with van der Waals surface area (Å²) in [6, 6.07) is 29.5. The monoisotopic (exact) mass is 443 g/mol. The van der Waals surface area contributed by atoms with Gasteiger partial charge in [0.2, 0.25) is 0 Å². The van der Waals surface area contributed by atoms with Crippen molar-refractivity contribution in [3.63, 3.8) is 0 Å². The Labute approximate surface area is 196 Å². The number of fused-ring (bicyclic) bond motifs is 6. The topological polar surface area (TPSA) is 35.1 Å². The zero-order valence-corrected chi connectivity index (χ0v) is 19.3. The van der Waals surface area contributed by atoms with Crippen molar-refractivity contribution in [1.82, 2.24) is 4.57 Å². The van der Waals surface area contributed by atoms with Crippen molar-refractivity contribution in [1.29, 1.82) is 0 Å². The third kappa shape index (κ3) is 2.45. The Balaban J connectivity index is 1.67. The Hall–Kier alpha value is -4.31. The summed E-state index contributed by atoms with van der Waals surface area (Å²) in [5.41, 5.74) is 8.63. The molecule has 4 nitrogen and oxygen atoms in total. The van der Waals surface area contributed by atoms with E-state index in [2.05, 4.69) is 96.8 Å². The number of rotatable bonds is 2. The van der Waals surface area contributed by atoms with E-state index in [9.17, 15) is 0 Å². The Bertz CT molecular complexity index is 1900. The van der Waals surface area contributed by atoms with Crippen molar-refractivity contribution < 1.29 is 13.4 Å². The van der Waals surface area contributed by atoms with Crippen molar-refractivity contribution in [3.05, 3.63) is 96.1 Å². The van der Waals surface area contributed by atoms with E-state index >= 15 is 0 Å². The second-order valence-corrected chi connectivity index (χ2v) is 8.99. The van der Waals surface area contributed by atoms with Gasteiger partial charge in [-0.1, -0.05) is 60.7 Å². The number of hydrogen-bond donors (Lipinski definition) is 0. The standard InChI is InChI=1S/C30H23N2O2/c1-18-10-4-6-12-22(18)32-24-14-8-7-13-23(24)31(3)29(32)26-19(2)16-17-21-27-20-11-5-9-15-25(20)33-30(27)34-28(21)26/h4-17H,1-3H3/q+1. The first kappa shape index (κ1) is 19.2. The fourth-order valence-electron chi connectivity index (χ4n) is 5.36.